The number of H-pyrrole nitrogens is 2. The largest absolute Gasteiger partial charge is 0.348 e. The van der Waals surface area contributed by atoms with Gasteiger partial charge in [-0.2, -0.15) is 5.10 Å². The number of nitrogens with one attached hydrogen (secondary N) is 2. The molecule has 0 aliphatic carbocycles. The zero-order valence-electron chi connectivity index (χ0n) is 16.1. The predicted octanol–water partition coefficient (Wildman–Crippen LogP) is 0.740. The van der Waals surface area contributed by atoms with Crippen LogP contribution in [0.4, 0.5) is 0 Å². The molecule has 1 fully saturated rings. The van der Waals surface area contributed by atoms with Crippen LogP contribution in [-0.2, 0) is 24.9 Å². The fourth-order valence-corrected chi connectivity index (χ4v) is 5.04. The minimum Gasteiger partial charge on any atom is -0.348 e. The summed E-state index contributed by atoms with van der Waals surface area (Å²) in [6.45, 7) is 4.32. The smallest absolute Gasteiger partial charge is 0.274 e. The van der Waals surface area contributed by atoms with Gasteiger partial charge < -0.3 is 14.8 Å². The van der Waals surface area contributed by atoms with E-state index < -0.39 is 0 Å². The first-order valence-corrected chi connectivity index (χ1v) is 9.86. The number of fused-ring (bicyclic) bond motifs is 3. The summed E-state index contributed by atoms with van der Waals surface area (Å²) in [6.07, 6.45) is 5.60. The lowest BCUT2D eigenvalue weighted by molar-refractivity contribution is 0.0222. The number of carbonyl (C=O) groups excluding carboxylic acids is 1. The van der Waals surface area contributed by atoms with Crippen LogP contribution >= 0.6 is 0 Å². The van der Waals surface area contributed by atoms with Crippen molar-refractivity contribution in [2.24, 2.45) is 0 Å². The van der Waals surface area contributed by atoms with Crippen LogP contribution in [0.3, 0.4) is 0 Å². The summed E-state index contributed by atoms with van der Waals surface area (Å²) in [6, 6.07) is 0. The zero-order chi connectivity index (χ0) is 18.6. The predicted molar refractivity (Wildman–Crippen MR) is 100 cm³/mol. The minimum atomic E-state index is -0.0460. The topological polar surface area (TPSA) is 84.1 Å². The molecule has 0 radical (unpaired) electrons. The molecule has 3 aliphatic rings. The maximum absolute atomic E-state index is 13.2. The highest BCUT2D eigenvalue weighted by Crippen LogP contribution is 2.41. The number of likely N-dealkylation sites (N-methyl/N-ethyl adjacent to an activating group) is 2. The van der Waals surface area contributed by atoms with Crippen molar-refractivity contribution in [3.8, 4) is 0 Å². The number of hydrogen-bond acceptors (Lipinski definition) is 5. The summed E-state index contributed by atoms with van der Waals surface area (Å²) in [5.41, 5.74) is 5.22. The fraction of sp³-hybridized carbons (Fsp3) is 0.632. The van der Waals surface area contributed by atoms with Gasteiger partial charge >= 0.3 is 0 Å². The Morgan fingerprint density at radius 2 is 1.89 bits per heavy atom. The zero-order valence-corrected chi connectivity index (χ0v) is 16.1. The molecule has 8 heteroatoms. The number of nitrogens with zero attached hydrogens (tertiary/aromatic N) is 5. The van der Waals surface area contributed by atoms with Crippen LogP contribution in [0.1, 0.15) is 46.0 Å². The highest BCUT2D eigenvalue weighted by molar-refractivity contribution is 5.94. The lowest BCUT2D eigenvalue weighted by atomic mass is 9.79. The normalized spacial score (nSPS) is 22.7. The van der Waals surface area contributed by atoms with Crippen molar-refractivity contribution in [1.82, 2.24) is 34.9 Å². The highest BCUT2D eigenvalue weighted by Gasteiger charge is 2.46. The third-order valence-electron chi connectivity index (χ3n) is 6.79. The maximum Gasteiger partial charge on any atom is 0.274 e. The van der Waals surface area contributed by atoms with Crippen LogP contribution in [0.5, 0.6) is 0 Å². The van der Waals surface area contributed by atoms with Gasteiger partial charge in [0.2, 0.25) is 0 Å². The van der Waals surface area contributed by atoms with Gasteiger partial charge in [0.15, 0.2) is 5.69 Å². The number of piperidine rings is 1. The van der Waals surface area contributed by atoms with Gasteiger partial charge in [0.25, 0.3) is 5.91 Å². The Hall–Kier alpha value is -2.19. The lowest BCUT2D eigenvalue weighted by Gasteiger charge is -2.49. The summed E-state index contributed by atoms with van der Waals surface area (Å²) in [4.78, 5) is 27.8. The van der Waals surface area contributed by atoms with Gasteiger partial charge in [-0.25, -0.2) is 4.98 Å². The second-order valence-electron chi connectivity index (χ2n) is 8.24. The lowest BCUT2D eigenvalue weighted by Crippen LogP contribution is -2.55. The van der Waals surface area contributed by atoms with E-state index in [2.05, 4.69) is 44.1 Å². The average molecular weight is 369 g/mol. The van der Waals surface area contributed by atoms with Crippen molar-refractivity contribution in [2.75, 3.05) is 40.3 Å². The number of amides is 1. The molecule has 144 valence electrons. The molecule has 8 nitrogen and oxygen atoms in total. The van der Waals surface area contributed by atoms with Gasteiger partial charge in [-0.3, -0.25) is 14.8 Å². The van der Waals surface area contributed by atoms with Gasteiger partial charge in [-0.05, 0) is 26.9 Å². The first-order chi connectivity index (χ1) is 13.1. The second-order valence-corrected chi connectivity index (χ2v) is 8.24. The van der Waals surface area contributed by atoms with Crippen molar-refractivity contribution >= 4 is 5.91 Å². The second kappa shape index (κ2) is 6.17. The monoisotopic (exact) mass is 369 g/mol. The number of imidazole rings is 1. The number of likely N-dealkylation sites (tertiary alicyclic amines) is 1. The van der Waals surface area contributed by atoms with Crippen molar-refractivity contribution in [3.63, 3.8) is 0 Å². The van der Waals surface area contributed by atoms with Crippen molar-refractivity contribution in [1.29, 1.82) is 0 Å². The van der Waals surface area contributed by atoms with Gasteiger partial charge in [-0.15, -0.1) is 0 Å². The number of rotatable bonds is 1. The van der Waals surface area contributed by atoms with E-state index in [9.17, 15) is 4.79 Å². The molecule has 0 bridgehead atoms. The quantitative estimate of drug-likeness (QED) is 0.775. The van der Waals surface area contributed by atoms with Crippen LogP contribution in [0.25, 0.3) is 0 Å². The Kier molecular flexibility index (Phi) is 3.87. The van der Waals surface area contributed by atoms with E-state index in [-0.39, 0.29) is 11.4 Å². The molecule has 1 amide bonds. The van der Waals surface area contributed by atoms with Crippen LogP contribution in [0.2, 0.25) is 0 Å². The van der Waals surface area contributed by atoms with Gasteiger partial charge in [0.1, 0.15) is 0 Å². The number of aromatic nitrogens is 4. The summed E-state index contributed by atoms with van der Waals surface area (Å²) in [7, 11) is 4.28. The first-order valence-electron chi connectivity index (χ1n) is 9.86. The molecule has 2 aromatic rings. The average Bonchev–Trinajstić information content (AvgIpc) is 3.32. The van der Waals surface area contributed by atoms with Crippen molar-refractivity contribution in [3.05, 3.63) is 34.7 Å². The van der Waals surface area contributed by atoms with Crippen molar-refractivity contribution in [2.45, 2.75) is 37.8 Å². The Balaban J connectivity index is 1.36. The summed E-state index contributed by atoms with van der Waals surface area (Å²) >= 11 is 0. The van der Waals surface area contributed by atoms with E-state index in [0.29, 0.717) is 5.69 Å². The molecule has 2 aromatic heterocycles. The standard InChI is InChI=1S/C19H27N7O/c1-24-7-3-14-13(11-24)16(23-22-14)18(27)26-9-5-19(6-10-26)17-15(20-12-21-17)4-8-25(19)2/h12H,3-11H2,1-2H3,(H,20,21)(H,22,23). The molecule has 1 spiro atoms. The highest BCUT2D eigenvalue weighted by atomic mass is 16.2. The van der Waals surface area contributed by atoms with Crippen LogP contribution < -0.4 is 0 Å². The molecular weight excluding hydrogens is 342 g/mol. The number of aromatic amines is 2. The molecule has 5 rings (SSSR count). The molecule has 2 N–H and O–H groups in total. The third kappa shape index (κ3) is 2.54. The van der Waals surface area contributed by atoms with Crippen molar-refractivity contribution < 1.29 is 4.79 Å². The van der Waals surface area contributed by atoms with Crippen LogP contribution in [-0.4, -0.2) is 81.0 Å². The summed E-state index contributed by atoms with van der Waals surface area (Å²) in [5, 5.41) is 7.48. The molecule has 1 saturated heterocycles. The van der Waals surface area contributed by atoms with Gasteiger partial charge in [0.05, 0.1) is 17.6 Å². The fourth-order valence-electron chi connectivity index (χ4n) is 5.04. The SMILES string of the molecule is CN1CCc2[nH]nc(C(=O)N3CCC4(CC3)c3nc[nH]c3CCN4C)c2C1. The third-order valence-corrected chi connectivity index (χ3v) is 6.79. The number of carbonyl (C=O) groups is 1. The Labute approximate surface area is 158 Å². The van der Waals surface area contributed by atoms with E-state index in [1.165, 1.54) is 11.4 Å². The molecular formula is C19H27N7O. The first kappa shape index (κ1) is 16.9. The van der Waals surface area contributed by atoms with E-state index in [1.54, 1.807) is 0 Å². The minimum absolute atomic E-state index is 0.0460. The Morgan fingerprint density at radius 3 is 2.70 bits per heavy atom. The number of hydrogen-bond donors (Lipinski definition) is 2. The molecule has 0 aromatic carbocycles. The molecule has 27 heavy (non-hydrogen) atoms. The van der Waals surface area contributed by atoms with Crippen LogP contribution in [0, 0.1) is 0 Å². The Bertz CT molecular complexity index is 861. The van der Waals surface area contributed by atoms with E-state index >= 15 is 0 Å². The van der Waals surface area contributed by atoms with E-state index in [0.717, 1.165) is 69.7 Å². The molecule has 5 heterocycles. The summed E-state index contributed by atoms with van der Waals surface area (Å²) in [5.74, 6) is 0.0679. The maximum atomic E-state index is 13.2. The van der Waals surface area contributed by atoms with Crippen LogP contribution in [0.15, 0.2) is 6.33 Å². The van der Waals surface area contributed by atoms with Gasteiger partial charge in [-0.1, -0.05) is 0 Å². The summed E-state index contributed by atoms with van der Waals surface area (Å²) < 4.78 is 0. The molecule has 0 unspecified atom stereocenters. The molecule has 3 aliphatic heterocycles. The van der Waals surface area contributed by atoms with E-state index in [4.69, 9.17) is 0 Å². The Morgan fingerprint density at radius 1 is 1.11 bits per heavy atom. The van der Waals surface area contributed by atoms with E-state index in [1.807, 2.05) is 11.2 Å². The molecule has 0 atom stereocenters. The van der Waals surface area contributed by atoms with Gasteiger partial charge in [0, 0.05) is 62.5 Å². The molecule has 0 saturated carbocycles.